The molecule has 0 aliphatic carbocycles. The lowest BCUT2D eigenvalue weighted by Crippen LogP contribution is -2.10. The smallest absolute Gasteiger partial charge is 0.203 e. The van der Waals surface area contributed by atoms with Crippen molar-refractivity contribution >= 4 is 5.95 Å². The van der Waals surface area contributed by atoms with Crippen LogP contribution in [0.5, 0.6) is 0 Å². The number of imidazole rings is 2. The third-order valence-electron chi connectivity index (χ3n) is 2.79. The molecule has 0 saturated carbocycles. The molecule has 2 aromatic rings. The highest BCUT2D eigenvalue weighted by Gasteiger charge is 2.03. The molecule has 0 aliphatic heterocycles. The summed E-state index contributed by atoms with van der Waals surface area (Å²) in [6, 6.07) is 0. The third kappa shape index (κ3) is 2.87. The van der Waals surface area contributed by atoms with E-state index in [4.69, 9.17) is 0 Å². The Morgan fingerprint density at radius 2 is 2.06 bits per heavy atom. The average Bonchev–Trinajstić information content (AvgIpc) is 2.93. The maximum absolute atomic E-state index is 4.31. The van der Waals surface area contributed by atoms with Crippen molar-refractivity contribution in [2.45, 2.75) is 32.9 Å². The van der Waals surface area contributed by atoms with Gasteiger partial charge in [0.25, 0.3) is 0 Å². The summed E-state index contributed by atoms with van der Waals surface area (Å²) in [7, 11) is 1.99. The van der Waals surface area contributed by atoms with E-state index in [1.54, 1.807) is 6.20 Å². The minimum Gasteiger partial charge on any atom is -0.348 e. The first-order valence-corrected chi connectivity index (χ1v) is 6.02. The lowest BCUT2D eigenvalue weighted by molar-refractivity contribution is 0.633. The Morgan fingerprint density at radius 3 is 2.76 bits per heavy atom. The van der Waals surface area contributed by atoms with Gasteiger partial charge in [-0.1, -0.05) is 13.3 Å². The van der Waals surface area contributed by atoms with Gasteiger partial charge in [0.2, 0.25) is 5.95 Å². The molecular weight excluding hydrogens is 214 g/mol. The van der Waals surface area contributed by atoms with Crippen LogP contribution in [-0.2, 0) is 20.1 Å². The molecule has 0 atom stereocenters. The van der Waals surface area contributed by atoms with Gasteiger partial charge in [-0.2, -0.15) is 0 Å². The molecule has 0 spiro atoms. The monoisotopic (exact) mass is 233 g/mol. The quantitative estimate of drug-likeness (QED) is 0.830. The first-order chi connectivity index (χ1) is 8.31. The Morgan fingerprint density at radius 1 is 1.24 bits per heavy atom. The zero-order chi connectivity index (χ0) is 12.1. The van der Waals surface area contributed by atoms with Crippen LogP contribution in [0.4, 0.5) is 5.95 Å². The standard InChI is InChI=1S/C12H19N5/c1-3-4-7-17-9-6-14-12(17)15-10-11-13-5-8-16(11)2/h5-6,8-9H,3-4,7,10H2,1-2H3,(H,14,15). The van der Waals surface area contributed by atoms with Gasteiger partial charge in [-0.05, 0) is 6.42 Å². The van der Waals surface area contributed by atoms with Crippen molar-refractivity contribution in [1.82, 2.24) is 19.1 Å². The van der Waals surface area contributed by atoms with Gasteiger partial charge in [-0.15, -0.1) is 0 Å². The molecule has 2 rings (SSSR count). The predicted molar refractivity (Wildman–Crippen MR) is 67.7 cm³/mol. The molecule has 0 unspecified atom stereocenters. The molecule has 17 heavy (non-hydrogen) atoms. The number of hydrogen-bond acceptors (Lipinski definition) is 3. The lowest BCUT2D eigenvalue weighted by atomic mass is 10.3. The minimum absolute atomic E-state index is 0.701. The first kappa shape index (κ1) is 11.7. The summed E-state index contributed by atoms with van der Waals surface area (Å²) in [6.45, 7) is 3.91. The van der Waals surface area contributed by atoms with E-state index in [1.807, 2.05) is 30.2 Å². The van der Waals surface area contributed by atoms with Gasteiger partial charge in [-0.3, -0.25) is 0 Å². The molecule has 2 aromatic heterocycles. The van der Waals surface area contributed by atoms with Crippen molar-refractivity contribution in [3.63, 3.8) is 0 Å². The topological polar surface area (TPSA) is 47.7 Å². The van der Waals surface area contributed by atoms with Crippen LogP contribution in [0.25, 0.3) is 0 Å². The zero-order valence-electron chi connectivity index (χ0n) is 10.4. The van der Waals surface area contributed by atoms with E-state index in [9.17, 15) is 0 Å². The maximum atomic E-state index is 4.31. The number of hydrogen-bond donors (Lipinski definition) is 1. The largest absolute Gasteiger partial charge is 0.348 e. The van der Waals surface area contributed by atoms with Crippen LogP contribution in [0.2, 0.25) is 0 Å². The minimum atomic E-state index is 0.701. The summed E-state index contributed by atoms with van der Waals surface area (Å²) in [5.74, 6) is 1.93. The lowest BCUT2D eigenvalue weighted by Gasteiger charge is -2.09. The number of aryl methyl sites for hydroxylation is 2. The Balaban J connectivity index is 1.95. The Hall–Kier alpha value is -1.78. The Kier molecular flexibility index (Phi) is 3.80. The van der Waals surface area contributed by atoms with E-state index >= 15 is 0 Å². The molecule has 2 heterocycles. The molecule has 0 aromatic carbocycles. The van der Waals surface area contributed by atoms with Crippen LogP contribution in [0.1, 0.15) is 25.6 Å². The van der Waals surface area contributed by atoms with Gasteiger partial charge in [0.15, 0.2) is 0 Å². The number of aromatic nitrogens is 4. The molecule has 0 bridgehead atoms. The van der Waals surface area contributed by atoms with E-state index < -0.39 is 0 Å². The number of rotatable bonds is 6. The van der Waals surface area contributed by atoms with E-state index in [1.165, 1.54) is 12.8 Å². The van der Waals surface area contributed by atoms with Crippen molar-refractivity contribution in [2.75, 3.05) is 5.32 Å². The summed E-state index contributed by atoms with van der Waals surface area (Å²) < 4.78 is 4.15. The Labute approximate surface area is 102 Å². The van der Waals surface area contributed by atoms with Crippen LogP contribution >= 0.6 is 0 Å². The van der Waals surface area contributed by atoms with Crippen molar-refractivity contribution in [3.8, 4) is 0 Å². The second-order valence-electron chi connectivity index (χ2n) is 4.11. The van der Waals surface area contributed by atoms with Gasteiger partial charge < -0.3 is 14.5 Å². The van der Waals surface area contributed by atoms with Crippen LogP contribution < -0.4 is 5.32 Å². The van der Waals surface area contributed by atoms with Crippen molar-refractivity contribution in [1.29, 1.82) is 0 Å². The normalized spacial score (nSPS) is 10.7. The highest BCUT2D eigenvalue weighted by atomic mass is 15.2. The second kappa shape index (κ2) is 5.52. The fourth-order valence-electron chi connectivity index (χ4n) is 1.71. The molecule has 92 valence electrons. The number of unbranched alkanes of at least 4 members (excludes halogenated alkanes) is 1. The zero-order valence-corrected chi connectivity index (χ0v) is 10.4. The molecule has 0 radical (unpaired) electrons. The van der Waals surface area contributed by atoms with E-state index in [2.05, 4.69) is 26.8 Å². The highest BCUT2D eigenvalue weighted by molar-refractivity contribution is 5.26. The van der Waals surface area contributed by atoms with Crippen LogP contribution in [-0.4, -0.2) is 19.1 Å². The summed E-state index contributed by atoms with van der Waals surface area (Å²) >= 11 is 0. The summed E-state index contributed by atoms with van der Waals surface area (Å²) in [4.78, 5) is 8.58. The van der Waals surface area contributed by atoms with Crippen molar-refractivity contribution in [3.05, 3.63) is 30.6 Å². The van der Waals surface area contributed by atoms with Gasteiger partial charge in [-0.25, -0.2) is 9.97 Å². The van der Waals surface area contributed by atoms with Crippen LogP contribution in [0.15, 0.2) is 24.8 Å². The Bertz CT molecular complexity index is 457. The van der Waals surface area contributed by atoms with Crippen LogP contribution in [0.3, 0.4) is 0 Å². The molecule has 0 saturated heterocycles. The van der Waals surface area contributed by atoms with Crippen molar-refractivity contribution < 1.29 is 0 Å². The molecule has 1 N–H and O–H groups in total. The van der Waals surface area contributed by atoms with Crippen LogP contribution in [0, 0.1) is 0 Å². The highest BCUT2D eigenvalue weighted by Crippen LogP contribution is 2.07. The van der Waals surface area contributed by atoms with Gasteiger partial charge in [0.05, 0.1) is 6.54 Å². The first-order valence-electron chi connectivity index (χ1n) is 6.02. The summed E-state index contributed by atoms with van der Waals surface area (Å²) in [5, 5.41) is 3.31. The SMILES string of the molecule is CCCCn1ccnc1NCc1nccn1C. The van der Waals surface area contributed by atoms with Gasteiger partial charge >= 0.3 is 0 Å². The second-order valence-corrected chi connectivity index (χ2v) is 4.11. The molecule has 0 aliphatic rings. The molecule has 0 fully saturated rings. The molecular formula is C12H19N5. The molecule has 5 heteroatoms. The fraction of sp³-hybridized carbons (Fsp3) is 0.500. The number of anilines is 1. The van der Waals surface area contributed by atoms with Crippen molar-refractivity contribution in [2.24, 2.45) is 7.05 Å². The average molecular weight is 233 g/mol. The molecule has 5 nitrogen and oxygen atoms in total. The van der Waals surface area contributed by atoms with E-state index in [0.29, 0.717) is 6.54 Å². The third-order valence-corrected chi connectivity index (χ3v) is 2.79. The van der Waals surface area contributed by atoms with E-state index in [0.717, 1.165) is 18.3 Å². The number of nitrogens with one attached hydrogen (secondary N) is 1. The maximum Gasteiger partial charge on any atom is 0.203 e. The van der Waals surface area contributed by atoms with Gasteiger partial charge in [0.1, 0.15) is 5.82 Å². The van der Waals surface area contributed by atoms with Gasteiger partial charge in [0, 0.05) is 38.4 Å². The van der Waals surface area contributed by atoms with E-state index in [-0.39, 0.29) is 0 Å². The summed E-state index contributed by atoms with van der Waals surface area (Å²) in [6.07, 6.45) is 9.96. The predicted octanol–water partition coefficient (Wildman–Crippen LogP) is 2.03. The summed E-state index contributed by atoms with van der Waals surface area (Å²) in [5.41, 5.74) is 0. The fourth-order valence-corrected chi connectivity index (χ4v) is 1.71. The number of nitrogens with zero attached hydrogens (tertiary/aromatic N) is 4. The molecule has 0 amide bonds.